The fourth-order valence-electron chi connectivity index (χ4n) is 4.03. The van der Waals surface area contributed by atoms with Crippen molar-refractivity contribution >= 4 is 11.4 Å². The molecule has 2 bridgehead atoms. The van der Waals surface area contributed by atoms with Crippen molar-refractivity contribution in [2.75, 3.05) is 11.4 Å². The van der Waals surface area contributed by atoms with Crippen LogP contribution in [0.3, 0.4) is 0 Å². The third kappa shape index (κ3) is 2.88. The lowest BCUT2D eigenvalue weighted by Gasteiger charge is -2.50. The van der Waals surface area contributed by atoms with Crippen molar-refractivity contribution in [2.45, 2.75) is 57.2 Å². The number of piperidine rings is 2. The lowest BCUT2D eigenvalue weighted by Crippen LogP contribution is -2.56. The molecule has 2 saturated heterocycles. The molecule has 0 aromatic heterocycles. The van der Waals surface area contributed by atoms with Gasteiger partial charge in [0.05, 0.1) is 4.92 Å². The Balaban J connectivity index is 1.85. The lowest BCUT2D eigenvalue weighted by molar-refractivity contribution is -0.384. The van der Waals surface area contributed by atoms with Gasteiger partial charge in [-0.15, -0.1) is 0 Å². The molecule has 2 unspecified atom stereocenters. The molecular weight excluding hydrogens is 266 g/mol. The van der Waals surface area contributed by atoms with Crippen LogP contribution >= 0.6 is 0 Å². The van der Waals surface area contributed by atoms with Gasteiger partial charge in [-0.2, -0.15) is 0 Å². The van der Waals surface area contributed by atoms with Gasteiger partial charge in [0, 0.05) is 35.9 Å². The molecule has 2 fully saturated rings. The average Bonchev–Trinajstić information content (AvgIpc) is 2.47. The van der Waals surface area contributed by atoms with E-state index in [2.05, 4.69) is 17.1 Å². The first-order chi connectivity index (χ1) is 10.2. The van der Waals surface area contributed by atoms with E-state index in [1.165, 1.54) is 19.3 Å². The maximum absolute atomic E-state index is 11.0. The lowest BCUT2D eigenvalue weighted by atomic mass is 9.81. The Morgan fingerprint density at radius 1 is 1.33 bits per heavy atom. The maximum atomic E-state index is 11.0. The van der Waals surface area contributed by atoms with Crippen molar-refractivity contribution in [3.05, 3.63) is 34.4 Å². The molecular formula is C16H23N3O2. The van der Waals surface area contributed by atoms with Crippen molar-refractivity contribution in [3.8, 4) is 0 Å². The summed E-state index contributed by atoms with van der Waals surface area (Å²) in [5.74, 6) is 0. The quantitative estimate of drug-likeness (QED) is 0.683. The van der Waals surface area contributed by atoms with Crippen LogP contribution < -0.4 is 10.2 Å². The summed E-state index contributed by atoms with van der Waals surface area (Å²) >= 11 is 0. The third-order valence-electron chi connectivity index (χ3n) is 4.81. The van der Waals surface area contributed by atoms with Crippen LogP contribution in [0.2, 0.25) is 0 Å². The number of nitro groups is 1. The molecule has 0 radical (unpaired) electrons. The fourth-order valence-corrected chi connectivity index (χ4v) is 4.03. The molecule has 2 aliphatic rings. The minimum atomic E-state index is -0.301. The molecule has 0 amide bonds. The van der Waals surface area contributed by atoms with Gasteiger partial charge in [-0.1, -0.05) is 13.0 Å². The van der Waals surface area contributed by atoms with Crippen LogP contribution in [0.5, 0.6) is 0 Å². The molecule has 3 rings (SSSR count). The molecule has 5 heteroatoms. The Morgan fingerprint density at radius 2 is 2.05 bits per heavy atom. The van der Waals surface area contributed by atoms with E-state index in [4.69, 9.17) is 0 Å². The topological polar surface area (TPSA) is 58.4 Å². The largest absolute Gasteiger partial charge is 0.365 e. The number of fused-ring (bicyclic) bond motifs is 2. The number of anilines is 1. The zero-order valence-corrected chi connectivity index (χ0v) is 12.5. The van der Waals surface area contributed by atoms with E-state index in [1.807, 2.05) is 6.07 Å². The molecule has 0 spiro atoms. The molecule has 2 atom stereocenters. The summed E-state index contributed by atoms with van der Waals surface area (Å²) in [6.07, 6.45) is 5.96. The Bertz CT molecular complexity index is 506. The Labute approximate surface area is 125 Å². The highest BCUT2D eigenvalue weighted by Crippen LogP contribution is 2.38. The minimum absolute atomic E-state index is 0.194. The second-order valence-corrected chi connectivity index (χ2v) is 6.15. The van der Waals surface area contributed by atoms with Crippen molar-refractivity contribution in [1.82, 2.24) is 5.32 Å². The van der Waals surface area contributed by atoms with E-state index in [1.54, 1.807) is 18.2 Å². The summed E-state index contributed by atoms with van der Waals surface area (Å²) in [5.41, 5.74) is 1.22. The second kappa shape index (κ2) is 6.02. The molecule has 2 heterocycles. The van der Waals surface area contributed by atoms with E-state index < -0.39 is 0 Å². The molecule has 2 aliphatic heterocycles. The SMILES string of the molecule is CCNC1CC2CCCC(C1)N2c1cccc([N+](=O)[O-])c1. The normalized spacial score (nSPS) is 28.4. The highest BCUT2D eigenvalue weighted by atomic mass is 16.6. The van der Waals surface area contributed by atoms with Crippen LogP contribution in [0.25, 0.3) is 0 Å². The van der Waals surface area contributed by atoms with E-state index >= 15 is 0 Å². The molecule has 0 aliphatic carbocycles. The molecule has 1 aromatic carbocycles. The van der Waals surface area contributed by atoms with Crippen LogP contribution in [-0.2, 0) is 0 Å². The fraction of sp³-hybridized carbons (Fsp3) is 0.625. The average molecular weight is 289 g/mol. The first-order valence-corrected chi connectivity index (χ1v) is 7.95. The number of benzene rings is 1. The van der Waals surface area contributed by atoms with Gasteiger partial charge in [0.1, 0.15) is 0 Å². The number of nitro benzene ring substituents is 1. The zero-order chi connectivity index (χ0) is 14.8. The first-order valence-electron chi connectivity index (χ1n) is 7.95. The van der Waals surface area contributed by atoms with Gasteiger partial charge >= 0.3 is 0 Å². The Morgan fingerprint density at radius 3 is 2.67 bits per heavy atom. The van der Waals surface area contributed by atoms with E-state index in [9.17, 15) is 10.1 Å². The van der Waals surface area contributed by atoms with Gasteiger partial charge in [-0.25, -0.2) is 0 Å². The van der Waals surface area contributed by atoms with Gasteiger partial charge in [-0.3, -0.25) is 10.1 Å². The molecule has 0 saturated carbocycles. The predicted molar refractivity (Wildman–Crippen MR) is 83.7 cm³/mol. The number of rotatable bonds is 4. The number of hydrogen-bond acceptors (Lipinski definition) is 4. The number of nitrogens with zero attached hydrogens (tertiary/aromatic N) is 2. The van der Waals surface area contributed by atoms with Crippen molar-refractivity contribution in [3.63, 3.8) is 0 Å². The molecule has 114 valence electrons. The van der Waals surface area contributed by atoms with Crippen LogP contribution in [0.1, 0.15) is 39.0 Å². The zero-order valence-electron chi connectivity index (χ0n) is 12.5. The predicted octanol–water partition coefficient (Wildman–Crippen LogP) is 3.09. The number of nitrogens with one attached hydrogen (secondary N) is 1. The van der Waals surface area contributed by atoms with Crippen LogP contribution in [0, 0.1) is 10.1 Å². The third-order valence-corrected chi connectivity index (χ3v) is 4.81. The van der Waals surface area contributed by atoms with E-state index in [-0.39, 0.29) is 10.6 Å². The van der Waals surface area contributed by atoms with Crippen LogP contribution in [0.15, 0.2) is 24.3 Å². The summed E-state index contributed by atoms with van der Waals surface area (Å²) in [6.45, 7) is 3.17. The van der Waals surface area contributed by atoms with E-state index in [0.29, 0.717) is 18.1 Å². The molecule has 1 N–H and O–H groups in total. The van der Waals surface area contributed by atoms with Gasteiger partial charge in [0.25, 0.3) is 5.69 Å². The second-order valence-electron chi connectivity index (χ2n) is 6.15. The smallest absolute Gasteiger partial charge is 0.271 e. The highest BCUT2D eigenvalue weighted by molar-refractivity contribution is 5.55. The van der Waals surface area contributed by atoms with Crippen molar-refractivity contribution < 1.29 is 4.92 Å². The Hall–Kier alpha value is -1.62. The molecule has 1 aromatic rings. The van der Waals surface area contributed by atoms with Gasteiger partial charge < -0.3 is 10.2 Å². The standard InChI is InChI=1S/C16H23N3O2/c1-2-17-12-9-13-5-3-6-14(10-12)18(13)15-7-4-8-16(11-15)19(20)21/h4,7-8,11-14,17H,2-3,5-6,9-10H2,1H3. The van der Waals surface area contributed by atoms with Gasteiger partial charge in [-0.05, 0) is 44.7 Å². The first kappa shape index (κ1) is 14.3. The van der Waals surface area contributed by atoms with Gasteiger partial charge in [0.2, 0.25) is 0 Å². The number of hydrogen-bond donors (Lipinski definition) is 1. The van der Waals surface area contributed by atoms with Crippen LogP contribution in [0.4, 0.5) is 11.4 Å². The van der Waals surface area contributed by atoms with E-state index in [0.717, 1.165) is 25.1 Å². The van der Waals surface area contributed by atoms with Crippen LogP contribution in [-0.4, -0.2) is 29.6 Å². The van der Waals surface area contributed by atoms with Crippen molar-refractivity contribution in [2.24, 2.45) is 0 Å². The Kier molecular flexibility index (Phi) is 4.10. The summed E-state index contributed by atoms with van der Waals surface area (Å²) in [7, 11) is 0. The number of non-ortho nitro benzene ring substituents is 1. The molecule has 21 heavy (non-hydrogen) atoms. The summed E-state index contributed by atoms with van der Waals surface area (Å²) < 4.78 is 0. The van der Waals surface area contributed by atoms with Gasteiger partial charge in [0.15, 0.2) is 0 Å². The highest BCUT2D eigenvalue weighted by Gasteiger charge is 2.38. The molecule has 5 nitrogen and oxygen atoms in total. The monoisotopic (exact) mass is 289 g/mol. The summed E-state index contributed by atoms with van der Waals surface area (Å²) in [4.78, 5) is 13.1. The van der Waals surface area contributed by atoms with Crippen molar-refractivity contribution in [1.29, 1.82) is 0 Å². The maximum Gasteiger partial charge on any atom is 0.271 e. The summed E-state index contributed by atoms with van der Waals surface area (Å²) in [6, 6.07) is 8.77. The minimum Gasteiger partial charge on any atom is -0.365 e. The summed E-state index contributed by atoms with van der Waals surface area (Å²) in [5, 5.41) is 14.6.